The van der Waals surface area contributed by atoms with Gasteiger partial charge in [-0.15, -0.1) is 0 Å². The Kier molecular flexibility index (Phi) is 6.51. The number of methoxy groups -OCH3 is 2. The first kappa shape index (κ1) is 10.9. The van der Waals surface area contributed by atoms with Crippen LogP contribution in [0.25, 0.3) is 0 Å². The van der Waals surface area contributed by atoms with Crippen molar-refractivity contribution in [2.24, 2.45) is 0 Å². The second kappa shape index (κ2) is 6.58. The van der Waals surface area contributed by atoms with Crippen molar-refractivity contribution in [3.05, 3.63) is 0 Å². The van der Waals surface area contributed by atoms with Gasteiger partial charge in [0.15, 0.2) is 0 Å². The first-order valence-electron chi connectivity index (χ1n) is 3.84. The first-order valence-corrected chi connectivity index (χ1v) is 3.84. The molecule has 0 heterocycles. The van der Waals surface area contributed by atoms with E-state index in [4.69, 9.17) is 14.2 Å². The minimum Gasteiger partial charge on any atom is -0.382 e. The molecule has 0 saturated carbocycles. The van der Waals surface area contributed by atoms with E-state index in [1.54, 1.807) is 14.2 Å². The lowest BCUT2D eigenvalue weighted by Crippen LogP contribution is -2.24. The van der Waals surface area contributed by atoms with Gasteiger partial charge in [-0.1, -0.05) is 0 Å². The Balaban J connectivity index is 3.32. The van der Waals surface area contributed by atoms with Crippen LogP contribution in [-0.4, -0.2) is 39.6 Å². The fourth-order valence-corrected chi connectivity index (χ4v) is 0.945. The van der Waals surface area contributed by atoms with Crippen molar-refractivity contribution in [2.45, 2.75) is 26.1 Å². The van der Waals surface area contributed by atoms with E-state index in [1.165, 1.54) is 0 Å². The first-order chi connectivity index (χ1) is 5.20. The van der Waals surface area contributed by atoms with Gasteiger partial charge in [-0.3, -0.25) is 0 Å². The third-order valence-corrected chi connectivity index (χ3v) is 1.27. The summed E-state index contributed by atoms with van der Waals surface area (Å²) in [5.74, 6) is 0. The molecule has 2 atom stereocenters. The molecule has 0 aromatic rings. The predicted octanol–water partition coefficient (Wildman–Crippen LogP) is 1.07. The zero-order chi connectivity index (χ0) is 8.69. The highest BCUT2D eigenvalue weighted by molar-refractivity contribution is 4.52. The van der Waals surface area contributed by atoms with Gasteiger partial charge >= 0.3 is 0 Å². The summed E-state index contributed by atoms with van der Waals surface area (Å²) in [7, 11) is 3.34. The van der Waals surface area contributed by atoms with Crippen LogP contribution in [0.5, 0.6) is 0 Å². The molecule has 0 bridgehead atoms. The fourth-order valence-electron chi connectivity index (χ4n) is 0.945. The molecule has 68 valence electrons. The maximum Gasteiger partial charge on any atom is 0.0785 e. The minimum atomic E-state index is 0.144. The summed E-state index contributed by atoms with van der Waals surface area (Å²) in [5, 5.41) is 0. The summed E-state index contributed by atoms with van der Waals surface area (Å²) in [6.07, 6.45) is 0.287. The Hall–Kier alpha value is -0.120. The van der Waals surface area contributed by atoms with Gasteiger partial charge in [-0.05, 0) is 13.8 Å². The molecular formula is C8H18O3. The second-order valence-corrected chi connectivity index (χ2v) is 2.67. The molecular weight excluding hydrogens is 144 g/mol. The summed E-state index contributed by atoms with van der Waals surface area (Å²) < 4.78 is 15.3. The average Bonchev–Trinajstić information content (AvgIpc) is 1.87. The van der Waals surface area contributed by atoms with Gasteiger partial charge in [-0.2, -0.15) is 0 Å². The van der Waals surface area contributed by atoms with Crippen molar-refractivity contribution in [2.75, 3.05) is 27.4 Å². The summed E-state index contributed by atoms with van der Waals surface area (Å²) in [5.41, 5.74) is 0. The lowest BCUT2D eigenvalue weighted by Gasteiger charge is -2.17. The molecule has 3 heteroatoms. The molecule has 0 saturated heterocycles. The Bertz CT molecular complexity index is 75.4. The van der Waals surface area contributed by atoms with Crippen LogP contribution in [0, 0.1) is 0 Å². The van der Waals surface area contributed by atoms with Gasteiger partial charge in [0.25, 0.3) is 0 Å². The molecule has 0 fully saturated rings. The predicted molar refractivity (Wildman–Crippen MR) is 43.8 cm³/mol. The monoisotopic (exact) mass is 162 g/mol. The van der Waals surface area contributed by atoms with Crippen molar-refractivity contribution in [3.63, 3.8) is 0 Å². The highest BCUT2D eigenvalue weighted by atomic mass is 16.6. The van der Waals surface area contributed by atoms with Gasteiger partial charge in [0.2, 0.25) is 0 Å². The van der Waals surface area contributed by atoms with Crippen LogP contribution in [0.2, 0.25) is 0 Å². The van der Waals surface area contributed by atoms with Crippen LogP contribution in [0.4, 0.5) is 0 Å². The van der Waals surface area contributed by atoms with Gasteiger partial charge in [0, 0.05) is 14.2 Å². The molecule has 0 aromatic carbocycles. The number of ether oxygens (including phenoxy) is 3. The van der Waals surface area contributed by atoms with E-state index >= 15 is 0 Å². The van der Waals surface area contributed by atoms with Crippen LogP contribution < -0.4 is 0 Å². The molecule has 11 heavy (non-hydrogen) atoms. The summed E-state index contributed by atoms with van der Waals surface area (Å²) in [4.78, 5) is 0. The molecule has 0 spiro atoms. The number of hydrogen-bond acceptors (Lipinski definition) is 3. The van der Waals surface area contributed by atoms with Gasteiger partial charge in [-0.25, -0.2) is 0 Å². The Morgan fingerprint density at radius 3 is 1.55 bits per heavy atom. The van der Waals surface area contributed by atoms with Gasteiger partial charge in [0.05, 0.1) is 25.4 Å². The average molecular weight is 162 g/mol. The maximum absolute atomic E-state index is 5.48. The Morgan fingerprint density at radius 2 is 1.27 bits per heavy atom. The van der Waals surface area contributed by atoms with Gasteiger partial charge in [0.1, 0.15) is 0 Å². The summed E-state index contributed by atoms with van der Waals surface area (Å²) >= 11 is 0. The van der Waals surface area contributed by atoms with E-state index in [-0.39, 0.29) is 12.2 Å². The summed E-state index contributed by atoms with van der Waals surface area (Å²) in [6.45, 7) is 5.23. The van der Waals surface area contributed by atoms with Crippen molar-refractivity contribution < 1.29 is 14.2 Å². The van der Waals surface area contributed by atoms with Crippen molar-refractivity contribution >= 4 is 0 Å². The molecule has 0 N–H and O–H groups in total. The van der Waals surface area contributed by atoms with Crippen LogP contribution in [0.3, 0.4) is 0 Å². The van der Waals surface area contributed by atoms with Crippen LogP contribution in [-0.2, 0) is 14.2 Å². The Morgan fingerprint density at radius 1 is 0.909 bits per heavy atom. The molecule has 0 unspecified atom stereocenters. The SMILES string of the molecule is COC[C@@H](C)O[C@H](C)COC. The van der Waals surface area contributed by atoms with Crippen LogP contribution in [0.15, 0.2) is 0 Å². The number of hydrogen-bond donors (Lipinski definition) is 0. The lowest BCUT2D eigenvalue weighted by molar-refractivity contribution is -0.0572. The maximum atomic E-state index is 5.48. The van der Waals surface area contributed by atoms with E-state index in [0.29, 0.717) is 13.2 Å². The van der Waals surface area contributed by atoms with E-state index < -0.39 is 0 Å². The largest absolute Gasteiger partial charge is 0.382 e. The topological polar surface area (TPSA) is 27.7 Å². The zero-order valence-electron chi connectivity index (χ0n) is 7.79. The zero-order valence-corrected chi connectivity index (χ0v) is 7.79. The second-order valence-electron chi connectivity index (χ2n) is 2.67. The molecule has 3 nitrogen and oxygen atoms in total. The Labute approximate surface area is 68.6 Å². The number of rotatable bonds is 6. The third-order valence-electron chi connectivity index (χ3n) is 1.27. The molecule has 0 aliphatic heterocycles. The lowest BCUT2D eigenvalue weighted by atomic mass is 10.4. The highest BCUT2D eigenvalue weighted by Gasteiger charge is 2.06. The summed E-state index contributed by atoms with van der Waals surface area (Å²) in [6, 6.07) is 0. The quantitative estimate of drug-likeness (QED) is 0.584. The molecule has 0 aromatic heterocycles. The normalized spacial score (nSPS) is 16.4. The minimum absolute atomic E-state index is 0.144. The van der Waals surface area contributed by atoms with Crippen molar-refractivity contribution in [3.8, 4) is 0 Å². The molecule has 0 aliphatic rings. The smallest absolute Gasteiger partial charge is 0.0785 e. The molecule has 0 amide bonds. The van der Waals surface area contributed by atoms with Crippen molar-refractivity contribution in [1.29, 1.82) is 0 Å². The fraction of sp³-hybridized carbons (Fsp3) is 1.00. The standard InChI is InChI=1S/C8H18O3/c1-7(5-9-3)11-8(2)6-10-4/h7-8H,5-6H2,1-4H3/t7-,8-/m1/s1. The third kappa shape index (κ3) is 6.28. The molecule has 0 aliphatic carbocycles. The van der Waals surface area contributed by atoms with Crippen LogP contribution >= 0.6 is 0 Å². The highest BCUT2D eigenvalue weighted by Crippen LogP contribution is 1.98. The van der Waals surface area contributed by atoms with Gasteiger partial charge < -0.3 is 14.2 Å². The molecule has 0 rings (SSSR count). The van der Waals surface area contributed by atoms with E-state index in [1.807, 2.05) is 13.8 Å². The van der Waals surface area contributed by atoms with E-state index in [2.05, 4.69) is 0 Å². The molecule has 0 radical (unpaired) electrons. The van der Waals surface area contributed by atoms with Crippen LogP contribution in [0.1, 0.15) is 13.8 Å². The van der Waals surface area contributed by atoms with E-state index in [9.17, 15) is 0 Å². The van der Waals surface area contributed by atoms with E-state index in [0.717, 1.165) is 0 Å². The van der Waals surface area contributed by atoms with Crippen molar-refractivity contribution in [1.82, 2.24) is 0 Å².